The number of aryl methyl sites for hydroxylation is 1. The van der Waals surface area contributed by atoms with Crippen molar-refractivity contribution < 1.29 is 4.74 Å². The highest BCUT2D eigenvalue weighted by atomic mass is 32.1. The van der Waals surface area contributed by atoms with E-state index in [0.29, 0.717) is 0 Å². The molecule has 4 nitrogen and oxygen atoms in total. The van der Waals surface area contributed by atoms with E-state index in [0.717, 1.165) is 23.5 Å². The SMILES string of the molecule is COC(C)(C)CC(Cc1csc(C)n1)NN. The first kappa shape index (κ1) is 13.6. The van der Waals surface area contributed by atoms with Crippen molar-refractivity contribution in [2.45, 2.75) is 45.3 Å². The fourth-order valence-corrected chi connectivity index (χ4v) is 2.25. The number of aromatic nitrogens is 1. The number of thiazole rings is 1. The Morgan fingerprint density at radius 2 is 2.31 bits per heavy atom. The van der Waals surface area contributed by atoms with Gasteiger partial charge in [0.2, 0.25) is 0 Å². The third kappa shape index (κ3) is 4.17. The summed E-state index contributed by atoms with van der Waals surface area (Å²) in [5.41, 5.74) is 3.77. The summed E-state index contributed by atoms with van der Waals surface area (Å²) < 4.78 is 5.40. The third-order valence-corrected chi connectivity index (χ3v) is 3.47. The lowest BCUT2D eigenvalue weighted by molar-refractivity contribution is 0.00705. The van der Waals surface area contributed by atoms with Gasteiger partial charge in [0.25, 0.3) is 0 Å². The molecule has 0 saturated carbocycles. The maximum Gasteiger partial charge on any atom is 0.0897 e. The van der Waals surface area contributed by atoms with Crippen LogP contribution in [0.2, 0.25) is 0 Å². The molecular formula is C11H21N3OS. The van der Waals surface area contributed by atoms with Crippen molar-refractivity contribution in [2.24, 2.45) is 5.84 Å². The number of hydrazine groups is 1. The van der Waals surface area contributed by atoms with E-state index < -0.39 is 0 Å². The second kappa shape index (κ2) is 5.72. The highest BCUT2D eigenvalue weighted by Crippen LogP contribution is 2.18. The molecule has 0 aliphatic carbocycles. The fourth-order valence-electron chi connectivity index (χ4n) is 1.62. The molecule has 0 saturated heterocycles. The molecule has 0 aliphatic rings. The van der Waals surface area contributed by atoms with Gasteiger partial charge in [-0.1, -0.05) is 0 Å². The zero-order chi connectivity index (χ0) is 12.2. The summed E-state index contributed by atoms with van der Waals surface area (Å²) in [4.78, 5) is 4.44. The van der Waals surface area contributed by atoms with Crippen LogP contribution in [0.3, 0.4) is 0 Å². The van der Waals surface area contributed by atoms with Gasteiger partial charge in [0, 0.05) is 25.0 Å². The van der Waals surface area contributed by atoms with Crippen LogP contribution in [0.5, 0.6) is 0 Å². The number of rotatable bonds is 6. The molecule has 0 aliphatic heterocycles. The van der Waals surface area contributed by atoms with Crippen LogP contribution in [0, 0.1) is 6.92 Å². The van der Waals surface area contributed by atoms with Gasteiger partial charge >= 0.3 is 0 Å². The Balaban J connectivity index is 2.55. The molecule has 5 heteroatoms. The van der Waals surface area contributed by atoms with Crippen molar-refractivity contribution in [3.8, 4) is 0 Å². The van der Waals surface area contributed by atoms with Crippen molar-refractivity contribution in [3.05, 3.63) is 16.1 Å². The van der Waals surface area contributed by atoms with Crippen LogP contribution in [0.15, 0.2) is 5.38 Å². The summed E-state index contributed by atoms with van der Waals surface area (Å²) in [6.07, 6.45) is 1.70. The summed E-state index contributed by atoms with van der Waals surface area (Å²) >= 11 is 1.67. The Bertz CT molecular complexity index is 325. The summed E-state index contributed by atoms with van der Waals surface area (Å²) in [6, 6.07) is 0.191. The first-order valence-corrected chi connectivity index (χ1v) is 6.27. The predicted molar refractivity (Wildman–Crippen MR) is 67.4 cm³/mol. The average molecular weight is 243 g/mol. The van der Waals surface area contributed by atoms with E-state index in [1.54, 1.807) is 18.4 Å². The minimum Gasteiger partial charge on any atom is -0.379 e. The average Bonchev–Trinajstić information content (AvgIpc) is 2.63. The van der Waals surface area contributed by atoms with Crippen molar-refractivity contribution in [2.75, 3.05) is 7.11 Å². The fraction of sp³-hybridized carbons (Fsp3) is 0.727. The Hall–Kier alpha value is -0.490. The largest absolute Gasteiger partial charge is 0.379 e. The smallest absolute Gasteiger partial charge is 0.0897 e. The lowest BCUT2D eigenvalue weighted by Crippen LogP contribution is -2.42. The molecule has 0 spiro atoms. The number of methoxy groups -OCH3 is 1. The molecule has 3 N–H and O–H groups in total. The van der Waals surface area contributed by atoms with Gasteiger partial charge in [-0.2, -0.15) is 0 Å². The van der Waals surface area contributed by atoms with Crippen LogP contribution >= 0.6 is 11.3 Å². The maximum absolute atomic E-state index is 5.56. The van der Waals surface area contributed by atoms with Gasteiger partial charge in [-0.05, 0) is 27.2 Å². The molecule has 0 bridgehead atoms. The van der Waals surface area contributed by atoms with Gasteiger partial charge in [0.15, 0.2) is 0 Å². The number of hydrogen-bond donors (Lipinski definition) is 2. The van der Waals surface area contributed by atoms with Gasteiger partial charge in [-0.15, -0.1) is 11.3 Å². The van der Waals surface area contributed by atoms with Crippen LogP contribution in [-0.2, 0) is 11.2 Å². The van der Waals surface area contributed by atoms with E-state index in [9.17, 15) is 0 Å². The minimum atomic E-state index is -0.165. The van der Waals surface area contributed by atoms with E-state index in [1.807, 2.05) is 6.92 Å². The van der Waals surface area contributed by atoms with Crippen molar-refractivity contribution in [3.63, 3.8) is 0 Å². The van der Waals surface area contributed by atoms with E-state index >= 15 is 0 Å². The molecule has 0 aromatic carbocycles. The molecular weight excluding hydrogens is 222 g/mol. The lowest BCUT2D eigenvalue weighted by atomic mass is 9.96. The molecule has 1 aromatic rings. The Labute approximate surface area is 101 Å². The van der Waals surface area contributed by atoms with E-state index in [4.69, 9.17) is 10.6 Å². The van der Waals surface area contributed by atoms with Gasteiger partial charge in [-0.3, -0.25) is 11.3 Å². The van der Waals surface area contributed by atoms with Gasteiger partial charge in [-0.25, -0.2) is 4.98 Å². The van der Waals surface area contributed by atoms with Crippen LogP contribution in [0.1, 0.15) is 31.0 Å². The Kier molecular flexibility index (Phi) is 4.86. The van der Waals surface area contributed by atoms with Crippen molar-refractivity contribution in [1.82, 2.24) is 10.4 Å². The molecule has 0 fully saturated rings. The predicted octanol–water partition coefficient (Wildman–Crippen LogP) is 1.64. The zero-order valence-corrected chi connectivity index (χ0v) is 11.2. The molecule has 1 heterocycles. The number of nitrogens with two attached hydrogens (primary N) is 1. The summed E-state index contributed by atoms with van der Waals surface area (Å²) in [5, 5.41) is 3.18. The summed E-state index contributed by atoms with van der Waals surface area (Å²) in [6.45, 7) is 6.13. The number of nitrogens with zero attached hydrogens (tertiary/aromatic N) is 1. The highest BCUT2D eigenvalue weighted by molar-refractivity contribution is 7.09. The molecule has 16 heavy (non-hydrogen) atoms. The lowest BCUT2D eigenvalue weighted by Gasteiger charge is -2.27. The normalized spacial score (nSPS) is 14.1. The van der Waals surface area contributed by atoms with E-state index in [1.165, 1.54) is 0 Å². The molecule has 1 aromatic heterocycles. The number of hydrogen-bond acceptors (Lipinski definition) is 5. The second-order valence-corrected chi connectivity index (χ2v) is 5.66. The molecule has 1 rings (SSSR count). The molecule has 1 atom stereocenters. The van der Waals surface area contributed by atoms with Gasteiger partial charge in [0.05, 0.1) is 16.3 Å². The second-order valence-electron chi connectivity index (χ2n) is 4.59. The Morgan fingerprint density at radius 1 is 1.62 bits per heavy atom. The topological polar surface area (TPSA) is 60.2 Å². The highest BCUT2D eigenvalue weighted by Gasteiger charge is 2.22. The van der Waals surface area contributed by atoms with Crippen LogP contribution in [-0.4, -0.2) is 23.7 Å². The maximum atomic E-state index is 5.56. The summed E-state index contributed by atoms with van der Waals surface area (Å²) in [7, 11) is 1.72. The van der Waals surface area contributed by atoms with Crippen molar-refractivity contribution >= 4 is 11.3 Å². The first-order chi connectivity index (χ1) is 7.46. The number of nitrogens with one attached hydrogen (secondary N) is 1. The number of ether oxygens (including phenoxy) is 1. The Morgan fingerprint density at radius 3 is 2.75 bits per heavy atom. The van der Waals surface area contributed by atoms with E-state index in [2.05, 4.69) is 29.6 Å². The minimum absolute atomic E-state index is 0.165. The van der Waals surface area contributed by atoms with Crippen molar-refractivity contribution in [1.29, 1.82) is 0 Å². The molecule has 92 valence electrons. The first-order valence-electron chi connectivity index (χ1n) is 5.39. The molecule has 1 unspecified atom stereocenters. The quantitative estimate of drug-likeness (QED) is 0.589. The monoisotopic (exact) mass is 243 g/mol. The van der Waals surface area contributed by atoms with Crippen LogP contribution in [0.25, 0.3) is 0 Å². The summed E-state index contributed by atoms with van der Waals surface area (Å²) in [5.74, 6) is 5.56. The standard InChI is InChI=1S/C11H21N3OS/c1-8-13-10(7-16-8)5-9(14-12)6-11(2,3)15-4/h7,9,14H,5-6,12H2,1-4H3. The van der Waals surface area contributed by atoms with Gasteiger partial charge in [0.1, 0.15) is 0 Å². The third-order valence-electron chi connectivity index (χ3n) is 2.65. The molecule has 0 radical (unpaired) electrons. The van der Waals surface area contributed by atoms with Crippen LogP contribution < -0.4 is 11.3 Å². The zero-order valence-electron chi connectivity index (χ0n) is 10.4. The van der Waals surface area contributed by atoms with Gasteiger partial charge < -0.3 is 4.74 Å². The molecule has 0 amide bonds. The van der Waals surface area contributed by atoms with E-state index in [-0.39, 0.29) is 11.6 Å². The van der Waals surface area contributed by atoms with Crippen LogP contribution in [0.4, 0.5) is 0 Å².